The van der Waals surface area contributed by atoms with E-state index in [1.54, 1.807) is 12.1 Å². The average molecular weight is 450 g/mol. The SMILES string of the molecule is O=C(CN1CCCC(c2nc3ccccc3o2)C1)N1CCN(c2ccccc2[N+](=O)[O-])CC1. The lowest BCUT2D eigenvalue weighted by molar-refractivity contribution is -0.384. The second kappa shape index (κ2) is 9.19. The Morgan fingerprint density at radius 3 is 2.61 bits per heavy atom. The molecule has 0 spiro atoms. The van der Waals surface area contributed by atoms with Crippen molar-refractivity contribution in [1.29, 1.82) is 0 Å². The van der Waals surface area contributed by atoms with Gasteiger partial charge in [0.05, 0.1) is 11.5 Å². The maximum atomic E-state index is 13.0. The molecule has 2 aliphatic rings. The smallest absolute Gasteiger partial charge is 0.292 e. The van der Waals surface area contributed by atoms with Crippen LogP contribution in [0.2, 0.25) is 0 Å². The molecule has 0 saturated carbocycles. The Hall–Kier alpha value is -3.46. The summed E-state index contributed by atoms with van der Waals surface area (Å²) in [4.78, 5) is 34.7. The van der Waals surface area contributed by atoms with Crippen molar-refractivity contribution in [1.82, 2.24) is 14.8 Å². The lowest BCUT2D eigenvalue weighted by atomic mass is 9.98. The van der Waals surface area contributed by atoms with Crippen molar-refractivity contribution < 1.29 is 14.1 Å². The van der Waals surface area contributed by atoms with E-state index in [2.05, 4.69) is 9.88 Å². The number of aromatic nitrogens is 1. The van der Waals surface area contributed by atoms with Gasteiger partial charge in [0.15, 0.2) is 11.5 Å². The monoisotopic (exact) mass is 449 g/mol. The number of carbonyl (C=O) groups excluding carboxylic acids is 1. The fourth-order valence-electron chi connectivity index (χ4n) is 4.84. The average Bonchev–Trinajstić information content (AvgIpc) is 3.29. The van der Waals surface area contributed by atoms with Crippen LogP contribution in [-0.2, 0) is 4.79 Å². The van der Waals surface area contributed by atoms with Crippen LogP contribution >= 0.6 is 0 Å². The fourth-order valence-corrected chi connectivity index (χ4v) is 4.84. The molecule has 0 N–H and O–H groups in total. The van der Waals surface area contributed by atoms with Gasteiger partial charge < -0.3 is 14.2 Å². The number of carbonyl (C=O) groups is 1. The number of hydrogen-bond acceptors (Lipinski definition) is 7. The van der Waals surface area contributed by atoms with Crippen LogP contribution in [0.15, 0.2) is 52.9 Å². The largest absolute Gasteiger partial charge is 0.440 e. The van der Waals surface area contributed by atoms with Gasteiger partial charge in [0, 0.05) is 44.7 Å². The molecule has 2 aromatic carbocycles. The zero-order chi connectivity index (χ0) is 22.8. The Balaban J connectivity index is 1.17. The molecule has 2 saturated heterocycles. The number of nitro benzene ring substituents is 1. The van der Waals surface area contributed by atoms with Crippen LogP contribution in [0.5, 0.6) is 0 Å². The lowest BCUT2D eigenvalue weighted by Crippen LogP contribution is -2.52. The van der Waals surface area contributed by atoms with Gasteiger partial charge >= 0.3 is 0 Å². The van der Waals surface area contributed by atoms with Gasteiger partial charge in [-0.25, -0.2) is 4.98 Å². The quantitative estimate of drug-likeness (QED) is 0.436. The number of rotatable bonds is 5. The molecular formula is C24H27N5O4. The Morgan fingerprint density at radius 1 is 1.06 bits per heavy atom. The van der Waals surface area contributed by atoms with Crippen molar-refractivity contribution in [2.45, 2.75) is 18.8 Å². The molecule has 172 valence electrons. The number of piperidine rings is 1. The van der Waals surface area contributed by atoms with Gasteiger partial charge in [-0.05, 0) is 37.6 Å². The molecular weight excluding hydrogens is 422 g/mol. The van der Waals surface area contributed by atoms with E-state index in [-0.39, 0.29) is 22.4 Å². The van der Waals surface area contributed by atoms with Crippen molar-refractivity contribution in [3.05, 3.63) is 64.5 Å². The summed E-state index contributed by atoms with van der Waals surface area (Å²) in [6.45, 7) is 4.32. The van der Waals surface area contributed by atoms with Gasteiger partial charge in [-0.1, -0.05) is 24.3 Å². The summed E-state index contributed by atoms with van der Waals surface area (Å²) >= 11 is 0. The number of para-hydroxylation sites is 4. The van der Waals surface area contributed by atoms with Crippen LogP contribution in [0.4, 0.5) is 11.4 Å². The molecule has 2 fully saturated rings. The number of nitrogens with zero attached hydrogens (tertiary/aromatic N) is 5. The minimum absolute atomic E-state index is 0.107. The van der Waals surface area contributed by atoms with Gasteiger partial charge in [0.1, 0.15) is 11.2 Å². The highest BCUT2D eigenvalue weighted by atomic mass is 16.6. The first-order valence-electron chi connectivity index (χ1n) is 11.4. The molecule has 3 aromatic rings. The molecule has 9 heteroatoms. The number of hydrogen-bond donors (Lipinski definition) is 0. The summed E-state index contributed by atoms with van der Waals surface area (Å²) in [5, 5.41) is 11.3. The van der Waals surface area contributed by atoms with Gasteiger partial charge in [-0.3, -0.25) is 19.8 Å². The second-order valence-electron chi connectivity index (χ2n) is 8.71. The molecule has 3 heterocycles. The zero-order valence-corrected chi connectivity index (χ0v) is 18.4. The summed E-state index contributed by atoms with van der Waals surface area (Å²) < 4.78 is 5.97. The number of benzene rings is 2. The summed E-state index contributed by atoms with van der Waals surface area (Å²) in [6, 6.07) is 14.6. The minimum atomic E-state index is -0.351. The van der Waals surface area contributed by atoms with Crippen molar-refractivity contribution in [2.75, 3.05) is 50.7 Å². The first kappa shape index (κ1) is 21.4. The zero-order valence-electron chi connectivity index (χ0n) is 18.4. The van der Waals surface area contributed by atoms with Gasteiger partial charge in [-0.2, -0.15) is 0 Å². The molecule has 0 radical (unpaired) electrons. The van der Waals surface area contributed by atoms with Gasteiger partial charge in [0.2, 0.25) is 5.91 Å². The molecule has 1 atom stereocenters. The third kappa shape index (κ3) is 4.54. The molecule has 2 aliphatic heterocycles. The van der Waals surface area contributed by atoms with E-state index in [0.29, 0.717) is 38.4 Å². The van der Waals surface area contributed by atoms with E-state index >= 15 is 0 Å². The predicted octanol–water partition coefficient (Wildman–Crippen LogP) is 3.26. The van der Waals surface area contributed by atoms with Crippen LogP contribution in [0.1, 0.15) is 24.7 Å². The Morgan fingerprint density at radius 2 is 1.82 bits per heavy atom. The maximum absolute atomic E-state index is 13.0. The third-order valence-electron chi connectivity index (χ3n) is 6.58. The number of amides is 1. The Labute approximate surface area is 191 Å². The first-order chi connectivity index (χ1) is 16.1. The summed E-state index contributed by atoms with van der Waals surface area (Å²) in [5.41, 5.74) is 2.40. The molecule has 1 amide bonds. The van der Waals surface area contributed by atoms with Crippen molar-refractivity contribution in [3.63, 3.8) is 0 Å². The molecule has 5 rings (SSSR count). The van der Waals surface area contributed by atoms with E-state index < -0.39 is 0 Å². The molecule has 0 aliphatic carbocycles. The normalized spacial score (nSPS) is 19.7. The van der Waals surface area contributed by atoms with Gasteiger partial charge in [0.25, 0.3) is 5.69 Å². The highest BCUT2D eigenvalue weighted by Gasteiger charge is 2.29. The molecule has 1 aromatic heterocycles. The Bertz CT molecular complexity index is 1120. The Kier molecular flexibility index (Phi) is 5.95. The first-order valence-corrected chi connectivity index (χ1v) is 11.4. The number of piperazine rings is 1. The number of nitro groups is 1. The van der Waals surface area contributed by atoms with E-state index in [4.69, 9.17) is 4.42 Å². The number of fused-ring (bicyclic) bond motifs is 1. The lowest BCUT2D eigenvalue weighted by Gasteiger charge is -2.37. The second-order valence-corrected chi connectivity index (χ2v) is 8.71. The maximum Gasteiger partial charge on any atom is 0.292 e. The summed E-state index contributed by atoms with van der Waals surface area (Å²) in [6.07, 6.45) is 2.01. The van der Waals surface area contributed by atoms with E-state index in [0.717, 1.165) is 42.9 Å². The molecule has 9 nitrogen and oxygen atoms in total. The van der Waals surface area contributed by atoms with Crippen LogP contribution < -0.4 is 4.90 Å². The molecule has 0 bridgehead atoms. The summed E-state index contributed by atoms with van der Waals surface area (Å²) in [5.74, 6) is 1.05. The highest BCUT2D eigenvalue weighted by Crippen LogP contribution is 2.30. The van der Waals surface area contributed by atoms with Crippen molar-refractivity contribution >= 4 is 28.4 Å². The third-order valence-corrected chi connectivity index (χ3v) is 6.58. The van der Waals surface area contributed by atoms with Crippen LogP contribution in [0, 0.1) is 10.1 Å². The van der Waals surface area contributed by atoms with Crippen LogP contribution in [0.3, 0.4) is 0 Å². The minimum Gasteiger partial charge on any atom is -0.440 e. The number of likely N-dealkylation sites (tertiary alicyclic amines) is 1. The summed E-state index contributed by atoms with van der Waals surface area (Å²) in [7, 11) is 0. The van der Waals surface area contributed by atoms with Crippen LogP contribution in [0.25, 0.3) is 11.1 Å². The van der Waals surface area contributed by atoms with Crippen molar-refractivity contribution in [3.8, 4) is 0 Å². The van der Waals surface area contributed by atoms with Crippen molar-refractivity contribution in [2.24, 2.45) is 0 Å². The topological polar surface area (TPSA) is 96.0 Å². The standard InChI is InChI=1S/C24H27N5O4/c30-23(28-14-12-27(13-15-28)20-8-2-3-9-21(20)29(31)32)17-26-11-5-6-18(16-26)24-25-19-7-1-4-10-22(19)33-24/h1-4,7-10,18H,5-6,11-17H2. The van der Waals surface area contributed by atoms with E-state index in [1.165, 1.54) is 6.07 Å². The highest BCUT2D eigenvalue weighted by molar-refractivity contribution is 5.79. The van der Waals surface area contributed by atoms with Gasteiger partial charge in [-0.15, -0.1) is 0 Å². The fraction of sp³-hybridized carbons (Fsp3) is 0.417. The number of anilines is 1. The molecule has 1 unspecified atom stereocenters. The van der Waals surface area contributed by atoms with Crippen LogP contribution in [-0.4, -0.2) is 71.4 Å². The van der Waals surface area contributed by atoms with E-state index in [1.807, 2.05) is 40.1 Å². The predicted molar refractivity (Wildman–Crippen MR) is 124 cm³/mol. The van der Waals surface area contributed by atoms with E-state index in [9.17, 15) is 14.9 Å². The number of oxazole rings is 1. The molecule has 33 heavy (non-hydrogen) atoms.